The third-order valence-electron chi connectivity index (χ3n) is 6.98. The molecule has 2 unspecified atom stereocenters. The number of hydrogen-bond acceptors (Lipinski definition) is 2. The average molecular weight is 476 g/mol. The van der Waals surface area contributed by atoms with Gasteiger partial charge in [0.15, 0.2) is 0 Å². The number of carbonyl (C=O) groups is 2. The van der Waals surface area contributed by atoms with E-state index in [1.165, 1.54) is 11.8 Å². The van der Waals surface area contributed by atoms with Gasteiger partial charge in [-0.2, -0.15) is 0 Å². The number of aromatic nitrogens is 1. The highest BCUT2D eigenvalue weighted by molar-refractivity contribution is 6.01. The maximum atomic E-state index is 14.4. The lowest BCUT2D eigenvalue weighted by atomic mass is 9.94. The van der Waals surface area contributed by atoms with Gasteiger partial charge in [-0.05, 0) is 41.0 Å². The van der Waals surface area contributed by atoms with Crippen LogP contribution in [0.4, 0.5) is 8.78 Å². The summed E-state index contributed by atoms with van der Waals surface area (Å²) in [5.74, 6) is -4.64. The molecule has 7 heteroatoms. The molecule has 1 aromatic heterocycles. The van der Waals surface area contributed by atoms with Gasteiger partial charge >= 0.3 is 0 Å². The molecular formula is C28H27F2N3O2. The van der Waals surface area contributed by atoms with E-state index in [-0.39, 0.29) is 19.4 Å². The van der Waals surface area contributed by atoms with Crippen molar-refractivity contribution in [3.8, 4) is 0 Å². The summed E-state index contributed by atoms with van der Waals surface area (Å²) in [4.78, 5) is 31.1. The molecule has 5 rings (SSSR count). The number of H-pyrrole nitrogens is 1. The summed E-state index contributed by atoms with van der Waals surface area (Å²) < 4.78 is 28.9. The number of aromatic amines is 1. The van der Waals surface area contributed by atoms with Gasteiger partial charge < -0.3 is 15.2 Å². The lowest BCUT2D eigenvalue weighted by Gasteiger charge is -2.38. The normalized spacial score (nSPS) is 18.5. The number of fused-ring (bicyclic) bond motifs is 2. The molecule has 2 atom stereocenters. The van der Waals surface area contributed by atoms with Gasteiger partial charge in [-0.15, -0.1) is 0 Å². The number of alkyl halides is 2. The Kier molecular flexibility index (Phi) is 6.01. The number of rotatable bonds is 5. The van der Waals surface area contributed by atoms with E-state index in [0.29, 0.717) is 5.56 Å². The van der Waals surface area contributed by atoms with Gasteiger partial charge in [0.1, 0.15) is 6.04 Å². The van der Waals surface area contributed by atoms with E-state index in [2.05, 4.69) is 10.3 Å². The van der Waals surface area contributed by atoms with Crippen molar-refractivity contribution in [2.24, 2.45) is 5.92 Å². The third kappa shape index (κ3) is 4.63. The zero-order valence-corrected chi connectivity index (χ0v) is 19.4. The molecule has 2 amide bonds. The van der Waals surface area contributed by atoms with Crippen molar-refractivity contribution < 1.29 is 18.4 Å². The van der Waals surface area contributed by atoms with E-state index in [9.17, 15) is 18.4 Å². The first-order valence-corrected chi connectivity index (χ1v) is 11.8. The Bertz CT molecular complexity index is 1400. The van der Waals surface area contributed by atoms with Gasteiger partial charge in [-0.3, -0.25) is 9.59 Å². The Morgan fingerprint density at radius 3 is 2.63 bits per heavy atom. The summed E-state index contributed by atoms with van der Waals surface area (Å²) in [6.07, 6.45) is 2.22. The summed E-state index contributed by atoms with van der Waals surface area (Å²) in [6.45, 7) is 1.11. The minimum absolute atomic E-state index is 0.194. The highest BCUT2D eigenvalue weighted by Gasteiger charge is 2.44. The van der Waals surface area contributed by atoms with Gasteiger partial charge in [0.2, 0.25) is 5.91 Å². The molecule has 0 spiro atoms. The maximum absolute atomic E-state index is 14.4. The Labute approximate surface area is 202 Å². The summed E-state index contributed by atoms with van der Waals surface area (Å²) in [5.41, 5.74) is 2.17. The second kappa shape index (κ2) is 9.13. The predicted octanol–water partition coefficient (Wildman–Crippen LogP) is 5.17. The first-order valence-electron chi connectivity index (χ1n) is 11.8. The summed E-state index contributed by atoms with van der Waals surface area (Å²) in [6, 6.07) is 19.7. The lowest BCUT2D eigenvalue weighted by Crippen LogP contribution is -2.56. The fraction of sp³-hybridized carbons (Fsp3) is 0.286. The quantitative estimate of drug-likeness (QED) is 0.419. The van der Waals surface area contributed by atoms with Crippen LogP contribution in [0.5, 0.6) is 0 Å². The van der Waals surface area contributed by atoms with Crippen molar-refractivity contribution in [2.75, 3.05) is 13.1 Å². The number of benzene rings is 3. The molecule has 1 aliphatic heterocycles. The van der Waals surface area contributed by atoms with Crippen LogP contribution in [0.3, 0.4) is 0 Å². The number of nitrogens with one attached hydrogen (secondary N) is 2. The number of piperidine rings is 1. The summed E-state index contributed by atoms with van der Waals surface area (Å²) >= 11 is 0. The van der Waals surface area contributed by atoms with Crippen molar-refractivity contribution in [3.63, 3.8) is 0 Å². The number of hydrogen-bond donors (Lipinski definition) is 2. The molecule has 1 fully saturated rings. The average Bonchev–Trinajstić information content (AvgIpc) is 3.27. The minimum atomic E-state index is -2.96. The van der Waals surface area contributed by atoms with E-state index in [0.717, 1.165) is 27.2 Å². The molecule has 180 valence electrons. The second-order valence-corrected chi connectivity index (χ2v) is 9.36. The number of para-hydroxylation sites is 1. The molecule has 0 aliphatic carbocycles. The number of amides is 2. The summed E-state index contributed by atoms with van der Waals surface area (Å²) in [5, 5.41) is 5.69. The standard InChI is InChI=1S/C28H27F2N3O2/c1-18-12-13-33(17-28(18,29)30)27(35)25(15-22-16-31-24-9-5-4-8-23(22)24)32-26(34)21-11-10-19-6-2-3-7-20(19)14-21/h2-11,14,16,18,25,31H,12-13,15,17H2,1H3,(H,32,34). The zero-order chi connectivity index (χ0) is 24.6. The smallest absolute Gasteiger partial charge is 0.267 e. The van der Waals surface area contributed by atoms with Crippen LogP contribution in [0.1, 0.15) is 29.3 Å². The van der Waals surface area contributed by atoms with E-state index in [1.807, 2.05) is 54.6 Å². The maximum Gasteiger partial charge on any atom is 0.267 e. The van der Waals surface area contributed by atoms with Crippen LogP contribution >= 0.6 is 0 Å². The minimum Gasteiger partial charge on any atom is -0.361 e. The first-order chi connectivity index (χ1) is 16.8. The molecule has 5 nitrogen and oxygen atoms in total. The number of nitrogens with zero attached hydrogens (tertiary/aromatic N) is 1. The topological polar surface area (TPSA) is 65.2 Å². The first kappa shape index (κ1) is 23.0. The molecule has 0 bridgehead atoms. The van der Waals surface area contributed by atoms with E-state index in [4.69, 9.17) is 0 Å². The van der Waals surface area contributed by atoms with Gasteiger partial charge in [0.05, 0.1) is 6.54 Å². The molecule has 3 aromatic carbocycles. The SMILES string of the molecule is CC1CCN(C(=O)C(Cc2c[nH]c3ccccc23)NC(=O)c2ccc3ccccc3c2)CC1(F)F. The van der Waals surface area contributed by atoms with Crippen molar-refractivity contribution in [1.29, 1.82) is 0 Å². The molecule has 2 N–H and O–H groups in total. The van der Waals surface area contributed by atoms with E-state index < -0.39 is 36.2 Å². The van der Waals surface area contributed by atoms with Crippen molar-refractivity contribution in [2.45, 2.75) is 31.7 Å². The summed E-state index contributed by atoms with van der Waals surface area (Å²) in [7, 11) is 0. The molecule has 4 aromatic rings. The molecule has 0 radical (unpaired) electrons. The highest BCUT2D eigenvalue weighted by atomic mass is 19.3. The largest absolute Gasteiger partial charge is 0.361 e. The molecule has 1 aliphatic rings. The van der Waals surface area contributed by atoms with Gasteiger partial charge in [-0.25, -0.2) is 8.78 Å². The van der Waals surface area contributed by atoms with Crippen molar-refractivity contribution >= 4 is 33.5 Å². The monoisotopic (exact) mass is 475 g/mol. The molecule has 0 saturated carbocycles. The van der Waals surface area contributed by atoms with E-state index in [1.54, 1.807) is 18.3 Å². The molecular weight excluding hydrogens is 448 g/mol. The lowest BCUT2D eigenvalue weighted by molar-refractivity contribution is -0.150. The van der Waals surface area contributed by atoms with Crippen LogP contribution < -0.4 is 5.32 Å². The highest BCUT2D eigenvalue weighted by Crippen LogP contribution is 2.33. The van der Waals surface area contributed by atoms with Crippen LogP contribution in [-0.2, 0) is 11.2 Å². The predicted molar refractivity (Wildman–Crippen MR) is 133 cm³/mol. The fourth-order valence-electron chi connectivity index (χ4n) is 4.75. The Morgan fingerprint density at radius 1 is 1.09 bits per heavy atom. The van der Waals surface area contributed by atoms with Crippen LogP contribution in [0.25, 0.3) is 21.7 Å². The Morgan fingerprint density at radius 2 is 1.83 bits per heavy atom. The van der Waals surface area contributed by atoms with Crippen molar-refractivity contribution in [3.05, 3.63) is 84.1 Å². The second-order valence-electron chi connectivity index (χ2n) is 9.36. The van der Waals surface area contributed by atoms with Gasteiger partial charge in [-0.1, -0.05) is 55.5 Å². The Hall–Kier alpha value is -3.74. The van der Waals surface area contributed by atoms with Crippen LogP contribution in [0.2, 0.25) is 0 Å². The molecule has 1 saturated heterocycles. The third-order valence-corrected chi connectivity index (χ3v) is 6.98. The van der Waals surface area contributed by atoms with Gasteiger partial charge in [0.25, 0.3) is 11.8 Å². The zero-order valence-electron chi connectivity index (χ0n) is 19.4. The number of likely N-dealkylation sites (tertiary alicyclic amines) is 1. The number of carbonyl (C=O) groups excluding carboxylic acids is 2. The number of halogens is 2. The molecule has 2 heterocycles. The van der Waals surface area contributed by atoms with Crippen LogP contribution in [-0.4, -0.2) is 46.8 Å². The van der Waals surface area contributed by atoms with Crippen LogP contribution in [0.15, 0.2) is 72.9 Å². The Balaban J connectivity index is 1.43. The van der Waals surface area contributed by atoms with E-state index >= 15 is 0 Å². The van der Waals surface area contributed by atoms with Crippen molar-refractivity contribution in [1.82, 2.24) is 15.2 Å². The van der Waals surface area contributed by atoms with Gasteiger partial charge in [0, 0.05) is 41.5 Å². The van der Waals surface area contributed by atoms with Crippen LogP contribution in [0, 0.1) is 5.92 Å². The fourth-order valence-corrected chi connectivity index (χ4v) is 4.75. The molecule has 35 heavy (non-hydrogen) atoms.